The molecular weight excluding hydrogens is 538 g/mol. The molecule has 0 aromatic heterocycles. The van der Waals surface area contributed by atoms with Crippen LogP contribution in [0.5, 0.6) is 5.75 Å². The molecule has 0 heterocycles. The second kappa shape index (κ2) is 11.1. The van der Waals surface area contributed by atoms with E-state index in [1.54, 1.807) is 24.3 Å². The summed E-state index contributed by atoms with van der Waals surface area (Å²) in [5.74, 6) is -0.179. The van der Waals surface area contributed by atoms with Crippen LogP contribution in [0.15, 0.2) is 74.7 Å². The van der Waals surface area contributed by atoms with Gasteiger partial charge in [-0.25, -0.2) is 5.43 Å². The van der Waals surface area contributed by atoms with E-state index in [4.69, 9.17) is 4.74 Å². The Hall–Kier alpha value is -2.97. The normalized spacial score (nSPS) is 10.8. The number of halogens is 2. The van der Waals surface area contributed by atoms with Crippen molar-refractivity contribution in [3.8, 4) is 5.75 Å². The summed E-state index contributed by atoms with van der Waals surface area (Å²) >= 11 is 6.89. The topological polar surface area (TPSA) is 79.8 Å². The van der Waals surface area contributed by atoms with Crippen molar-refractivity contribution in [2.75, 3.05) is 11.9 Å². The number of aryl methyl sites for hydroxylation is 2. The predicted molar refractivity (Wildman–Crippen MR) is 133 cm³/mol. The van der Waals surface area contributed by atoms with Crippen LogP contribution in [0, 0.1) is 13.8 Å². The zero-order chi connectivity index (χ0) is 23.1. The fourth-order valence-electron chi connectivity index (χ4n) is 2.80. The third-order valence-electron chi connectivity index (χ3n) is 4.49. The standard InChI is InChI=1S/C24H21Br2N3O3/c1-15-7-9-17(10-8-15)24(31)29-27-13-18-11-19(25)12-20(26)23(18)32-14-22(30)28-21-6-4-3-5-16(21)2/h3-13H,14H2,1-2H3,(H,28,30)(H,29,31)/b27-13+. The largest absolute Gasteiger partial charge is 0.482 e. The van der Waals surface area contributed by atoms with E-state index in [2.05, 4.69) is 47.7 Å². The van der Waals surface area contributed by atoms with Crippen molar-refractivity contribution in [1.29, 1.82) is 0 Å². The summed E-state index contributed by atoms with van der Waals surface area (Å²) in [7, 11) is 0. The van der Waals surface area contributed by atoms with Gasteiger partial charge in [0.1, 0.15) is 5.75 Å². The lowest BCUT2D eigenvalue weighted by Gasteiger charge is -2.13. The highest BCUT2D eigenvalue weighted by atomic mass is 79.9. The van der Waals surface area contributed by atoms with E-state index in [0.29, 0.717) is 21.3 Å². The SMILES string of the molecule is Cc1ccc(C(=O)N/N=C/c2cc(Br)cc(Br)c2OCC(=O)Nc2ccccc2C)cc1. The fraction of sp³-hybridized carbons (Fsp3) is 0.125. The van der Waals surface area contributed by atoms with Gasteiger partial charge in [0.15, 0.2) is 6.61 Å². The minimum Gasteiger partial charge on any atom is -0.482 e. The number of hydrazone groups is 1. The Morgan fingerprint density at radius 2 is 1.75 bits per heavy atom. The number of rotatable bonds is 7. The molecule has 0 aliphatic heterocycles. The maximum Gasteiger partial charge on any atom is 0.271 e. The van der Waals surface area contributed by atoms with Gasteiger partial charge in [-0.2, -0.15) is 5.10 Å². The van der Waals surface area contributed by atoms with E-state index in [-0.39, 0.29) is 18.4 Å². The van der Waals surface area contributed by atoms with E-state index < -0.39 is 0 Å². The van der Waals surface area contributed by atoms with E-state index in [1.165, 1.54) is 6.21 Å². The Bertz CT molecular complexity index is 1160. The number of para-hydroxylation sites is 1. The van der Waals surface area contributed by atoms with Gasteiger partial charge in [-0.15, -0.1) is 0 Å². The monoisotopic (exact) mass is 557 g/mol. The lowest BCUT2D eigenvalue weighted by atomic mass is 10.1. The van der Waals surface area contributed by atoms with Gasteiger partial charge >= 0.3 is 0 Å². The number of ether oxygens (including phenoxy) is 1. The predicted octanol–water partition coefficient (Wildman–Crippen LogP) is 5.61. The van der Waals surface area contributed by atoms with Crippen LogP contribution < -0.4 is 15.5 Å². The first-order valence-electron chi connectivity index (χ1n) is 9.71. The Balaban J connectivity index is 1.68. The number of hydrogen-bond donors (Lipinski definition) is 2. The van der Waals surface area contributed by atoms with E-state index in [0.717, 1.165) is 21.3 Å². The summed E-state index contributed by atoms with van der Waals surface area (Å²) in [4.78, 5) is 24.6. The average molecular weight is 559 g/mol. The molecule has 0 unspecified atom stereocenters. The molecule has 2 N–H and O–H groups in total. The van der Waals surface area contributed by atoms with Crippen LogP contribution in [0.4, 0.5) is 5.69 Å². The van der Waals surface area contributed by atoms with Crippen LogP contribution in [-0.2, 0) is 4.79 Å². The highest BCUT2D eigenvalue weighted by molar-refractivity contribution is 9.11. The molecule has 164 valence electrons. The molecule has 0 spiro atoms. The average Bonchev–Trinajstić information content (AvgIpc) is 2.75. The number of amides is 2. The van der Waals surface area contributed by atoms with Crippen molar-refractivity contribution < 1.29 is 14.3 Å². The summed E-state index contributed by atoms with van der Waals surface area (Å²) in [6.07, 6.45) is 1.47. The molecule has 6 nitrogen and oxygen atoms in total. The van der Waals surface area contributed by atoms with Gasteiger partial charge in [-0.3, -0.25) is 9.59 Å². The molecular formula is C24H21Br2N3O3. The molecule has 32 heavy (non-hydrogen) atoms. The Kier molecular flexibility index (Phi) is 8.19. The third kappa shape index (κ3) is 6.51. The molecule has 0 aliphatic rings. The quantitative estimate of drug-likeness (QED) is 0.292. The molecule has 0 bridgehead atoms. The zero-order valence-corrected chi connectivity index (χ0v) is 20.7. The maximum atomic E-state index is 12.4. The third-order valence-corrected chi connectivity index (χ3v) is 5.53. The van der Waals surface area contributed by atoms with E-state index in [1.807, 2.05) is 50.2 Å². The molecule has 0 fully saturated rings. The number of anilines is 1. The fourth-order valence-corrected chi connectivity index (χ4v) is 4.17. The number of carbonyl (C=O) groups excluding carboxylic acids is 2. The number of hydrogen-bond acceptors (Lipinski definition) is 4. The summed E-state index contributed by atoms with van der Waals surface area (Å²) in [5, 5.41) is 6.87. The molecule has 3 aromatic carbocycles. The zero-order valence-electron chi connectivity index (χ0n) is 17.5. The molecule has 3 rings (SSSR count). The summed E-state index contributed by atoms with van der Waals surface area (Å²) in [5.41, 5.74) is 6.35. The highest BCUT2D eigenvalue weighted by Crippen LogP contribution is 2.32. The minimum atomic E-state index is -0.324. The molecule has 0 aliphatic carbocycles. The Labute approximate surface area is 203 Å². The maximum absolute atomic E-state index is 12.4. The lowest BCUT2D eigenvalue weighted by Crippen LogP contribution is -2.21. The van der Waals surface area contributed by atoms with Crippen LogP contribution in [0.3, 0.4) is 0 Å². The lowest BCUT2D eigenvalue weighted by molar-refractivity contribution is -0.118. The minimum absolute atomic E-state index is 0.189. The second-order valence-electron chi connectivity index (χ2n) is 7.02. The molecule has 0 radical (unpaired) electrons. The van der Waals surface area contributed by atoms with Gasteiger partial charge in [0, 0.05) is 21.3 Å². The molecule has 0 saturated carbocycles. The van der Waals surface area contributed by atoms with Crippen molar-refractivity contribution in [3.05, 3.63) is 91.9 Å². The first-order valence-corrected chi connectivity index (χ1v) is 11.3. The first-order chi connectivity index (χ1) is 15.3. The van der Waals surface area contributed by atoms with Gasteiger partial charge < -0.3 is 10.1 Å². The van der Waals surface area contributed by atoms with Crippen molar-refractivity contribution >= 4 is 55.6 Å². The van der Waals surface area contributed by atoms with Gasteiger partial charge in [0.2, 0.25) is 0 Å². The van der Waals surface area contributed by atoms with Crippen LogP contribution in [0.1, 0.15) is 27.0 Å². The molecule has 0 atom stereocenters. The molecule has 8 heteroatoms. The smallest absolute Gasteiger partial charge is 0.271 e. The highest BCUT2D eigenvalue weighted by Gasteiger charge is 2.12. The summed E-state index contributed by atoms with van der Waals surface area (Å²) in [6.45, 7) is 3.68. The number of nitrogens with one attached hydrogen (secondary N) is 2. The molecule has 3 aromatic rings. The van der Waals surface area contributed by atoms with Crippen LogP contribution in [0.2, 0.25) is 0 Å². The van der Waals surface area contributed by atoms with Gasteiger partial charge in [-0.1, -0.05) is 51.8 Å². The van der Waals surface area contributed by atoms with Gasteiger partial charge in [0.05, 0.1) is 10.7 Å². The van der Waals surface area contributed by atoms with Crippen LogP contribution in [-0.4, -0.2) is 24.6 Å². The Morgan fingerprint density at radius 3 is 2.47 bits per heavy atom. The second-order valence-corrected chi connectivity index (χ2v) is 8.79. The van der Waals surface area contributed by atoms with E-state index >= 15 is 0 Å². The number of benzene rings is 3. The van der Waals surface area contributed by atoms with Crippen LogP contribution in [0.25, 0.3) is 0 Å². The van der Waals surface area contributed by atoms with Gasteiger partial charge in [-0.05, 0) is 65.7 Å². The van der Waals surface area contributed by atoms with Crippen molar-refractivity contribution in [2.45, 2.75) is 13.8 Å². The summed E-state index contributed by atoms with van der Waals surface area (Å²) in [6, 6.07) is 18.3. The van der Waals surface area contributed by atoms with E-state index in [9.17, 15) is 9.59 Å². The van der Waals surface area contributed by atoms with Crippen LogP contribution >= 0.6 is 31.9 Å². The molecule has 2 amide bonds. The number of carbonyl (C=O) groups is 2. The van der Waals surface area contributed by atoms with Crippen molar-refractivity contribution in [2.24, 2.45) is 5.10 Å². The molecule has 0 saturated heterocycles. The number of nitrogens with zero attached hydrogens (tertiary/aromatic N) is 1. The van der Waals surface area contributed by atoms with Gasteiger partial charge in [0.25, 0.3) is 11.8 Å². The van der Waals surface area contributed by atoms with Crippen molar-refractivity contribution in [3.63, 3.8) is 0 Å². The first kappa shape index (κ1) is 23.7. The van der Waals surface area contributed by atoms with Crippen molar-refractivity contribution in [1.82, 2.24) is 5.43 Å². The summed E-state index contributed by atoms with van der Waals surface area (Å²) < 4.78 is 7.19. The Morgan fingerprint density at radius 1 is 1.03 bits per heavy atom.